The fraction of sp³-hybridized carbons (Fsp3) is 0.182. The van der Waals surface area contributed by atoms with E-state index in [1.54, 1.807) is 30.5 Å². The van der Waals surface area contributed by atoms with Crippen LogP contribution in [0.5, 0.6) is 0 Å². The van der Waals surface area contributed by atoms with Gasteiger partial charge in [-0.25, -0.2) is 4.39 Å². The van der Waals surface area contributed by atoms with Crippen molar-refractivity contribution < 1.29 is 4.39 Å². The normalized spacial score (nSPS) is 12.1. The maximum absolute atomic E-state index is 12.8. The molecule has 0 N–H and O–H groups in total. The highest BCUT2D eigenvalue weighted by atomic mass is 32.1. The molecule has 15 heavy (non-hydrogen) atoms. The van der Waals surface area contributed by atoms with Crippen molar-refractivity contribution in [1.29, 1.82) is 0 Å². The Kier molecular flexibility index (Phi) is 2.68. The molecule has 0 bridgehead atoms. The second-order valence-electron chi connectivity index (χ2n) is 3.19. The summed E-state index contributed by atoms with van der Waals surface area (Å²) in [5, 5.41) is 2.02. The molecule has 1 aromatic carbocycles. The smallest absolute Gasteiger partial charge is 0.184 e. The quantitative estimate of drug-likeness (QED) is 0.705. The maximum atomic E-state index is 12.8. The van der Waals surface area contributed by atoms with Crippen LogP contribution in [0.4, 0.5) is 4.39 Å². The van der Waals surface area contributed by atoms with Gasteiger partial charge >= 0.3 is 0 Å². The third kappa shape index (κ3) is 1.85. The fourth-order valence-electron chi connectivity index (χ4n) is 1.45. The van der Waals surface area contributed by atoms with Gasteiger partial charge in [0.2, 0.25) is 0 Å². The molecule has 0 aliphatic carbocycles. The summed E-state index contributed by atoms with van der Waals surface area (Å²) in [6.07, 6.45) is 0. The van der Waals surface area contributed by atoms with Crippen molar-refractivity contribution in [3.05, 3.63) is 40.3 Å². The Bertz CT molecular complexity index is 522. The summed E-state index contributed by atoms with van der Waals surface area (Å²) in [4.78, 5) is 5.09. The first kappa shape index (κ1) is 10.1. The number of hydrogen-bond donors (Lipinski definition) is 0. The van der Waals surface area contributed by atoms with Gasteiger partial charge in [0.1, 0.15) is 5.82 Å². The zero-order valence-corrected chi connectivity index (χ0v) is 9.38. The summed E-state index contributed by atoms with van der Waals surface area (Å²) in [7, 11) is 3.72. The zero-order valence-electron chi connectivity index (χ0n) is 8.57. The number of rotatable bonds is 1. The van der Waals surface area contributed by atoms with Gasteiger partial charge in [-0.15, -0.1) is 11.3 Å². The fourth-order valence-corrected chi connectivity index (χ4v) is 2.33. The van der Waals surface area contributed by atoms with Crippen LogP contribution in [0.1, 0.15) is 0 Å². The van der Waals surface area contributed by atoms with Gasteiger partial charge in [-0.1, -0.05) is 0 Å². The first-order chi connectivity index (χ1) is 7.22. The van der Waals surface area contributed by atoms with Crippen molar-refractivity contribution in [2.24, 2.45) is 12.0 Å². The summed E-state index contributed by atoms with van der Waals surface area (Å²) in [5.74, 6) is -0.211. The molecule has 78 valence electrons. The van der Waals surface area contributed by atoms with E-state index in [0.717, 1.165) is 16.1 Å². The van der Waals surface area contributed by atoms with Crippen molar-refractivity contribution in [2.45, 2.75) is 0 Å². The molecule has 0 atom stereocenters. The average molecular weight is 222 g/mol. The van der Waals surface area contributed by atoms with Gasteiger partial charge in [-0.3, -0.25) is 4.99 Å². The highest BCUT2D eigenvalue weighted by Crippen LogP contribution is 2.19. The van der Waals surface area contributed by atoms with E-state index in [1.165, 1.54) is 12.1 Å². The molecule has 0 saturated heterocycles. The molecule has 0 aliphatic heterocycles. The van der Waals surface area contributed by atoms with E-state index in [-0.39, 0.29) is 5.82 Å². The highest BCUT2D eigenvalue weighted by Gasteiger charge is 2.03. The molecule has 0 unspecified atom stereocenters. The predicted molar refractivity (Wildman–Crippen MR) is 60.2 cm³/mol. The van der Waals surface area contributed by atoms with Crippen LogP contribution in [0.25, 0.3) is 11.3 Å². The Morgan fingerprint density at radius 3 is 2.47 bits per heavy atom. The molecule has 1 heterocycles. The summed E-state index contributed by atoms with van der Waals surface area (Å²) in [6.45, 7) is 0. The van der Waals surface area contributed by atoms with Gasteiger partial charge < -0.3 is 4.57 Å². The van der Waals surface area contributed by atoms with Gasteiger partial charge in [0.05, 0.1) is 5.69 Å². The Morgan fingerprint density at radius 1 is 1.27 bits per heavy atom. The first-order valence-corrected chi connectivity index (χ1v) is 5.43. The van der Waals surface area contributed by atoms with Crippen LogP contribution >= 0.6 is 11.3 Å². The SMILES string of the molecule is CN=c1scc(-c2ccc(F)cc2)n1C. The van der Waals surface area contributed by atoms with Gasteiger partial charge in [0.15, 0.2) is 4.80 Å². The summed E-state index contributed by atoms with van der Waals surface area (Å²) in [5.41, 5.74) is 2.06. The molecule has 0 radical (unpaired) electrons. The molecule has 1 aromatic heterocycles. The average Bonchev–Trinajstić information content (AvgIpc) is 2.61. The molecular weight excluding hydrogens is 211 g/mol. The van der Waals surface area contributed by atoms with Crippen LogP contribution in [0.2, 0.25) is 0 Å². The molecule has 0 spiro atoms. The third-order valence-electron chi connectivity index (χ3n) is 2.26. The maximum Gasteiger partial charge on any atom is 0.184 e. The van der Waals surface area contributed by atoms with E-state index in [0.29, 0.717) is 0 Å². The van der Waals surface area contributed by atoms with E-state index in [4.69, 9.17) is 0 Å². The lowest BCUT2D eigenvalue weighted by Crippen LogP contribution is -2.10. The molecular formula is C11H11FN2S. The molecule has 0 fully saturated rings. The van der Waals surface area contributed by atoms with Crippen LogP contribution in [0.15, 0.2) is 34.6 Å². The number of halogens is 1. The minimum Gasteiger partial charge on any atom is -0.320 e. The van der Waals surface area contributed by atoms with Gasteiger partial charge in [-0.2, -0.15) is 0 Å². The molecule has 2 nitrogen and oxygen atoms in total. The Labute approximate surface area is 91.3 Å². The van der Waals surface area contributed by atoms with Crippen LogP contribution in [-0.2, 0) is 7.05 Å². The first-order valence-electron chi connectivity index (χ1n) is 4.55. The minimum atomic E-state index is -0.211. The van der Waals surface area contributed by atoms with Gasteiger partial charge in [0, 0.05) is 19.5 Å². The lowest BCUT2D eigenvalue weighted by Gasteiger charge is -2.01. The van der Waals surface area contributed by atoms with E-state index < -0.39 is 0 Å². The van der Waals surface area contributed by atoms with Crippen molar-refractivity contribution in [3.8, 4) is 11.3 Å². The lowest BCUT2D eigenvalue weighted by atomic mass is 10.2. The lowest BCUT2D eigenvalue weighted by molar-refractivity contribution is 0.628. The van der Waals surface area contributed by atoms with Crippen molar-refractivity contribution in [2.75, 3.05) is 7.05 Å². The highest BCUT2D eigenvalue weighted by molar-refractivity contribution is 7.07. The molecule has 0 aliphatic rings. The van der Waals surface area contributed by atoms with Crippen LogP contribution in [0, 0.1) is 5.82 Å². The Hall–Kier alpha value is -1.42. The molecule has 2 aromatic rings. The second kappa shape index (κ2) is 3.98. The van der Waals surface area contributed by atoms with E-state index in [2.05, 4.69) is 4.99 Å². The standard InChI is InChI=1S/C11H11FN2S/c1-13-11-14(2)10(7-15-11)8-3-5-9(12)6-4-8/h3-7H,1-2H3. The number of hydrogen-bond acceptors (Lipinski definition) is 2. The van der Waals surface area contributed by atoms with E-state index in [9.17, 15) is 4.39 Å². The van der Waals surface area contributed by atoms with Crippen molar-refractivity contribution in [3.63, 3.8) is 0 Å². The minimum absolute atomic E-state index is 0.211. The van der Waals surface area contributed by atoms with Crippen LogP contribution in [0.3, 0.4) is 0 Å². The molecule has 4 heteroatoms. The number of aromatic nitrogens is 1. The van der Waals surface area contributed by atoms with Gasteiger partial charge in [-0.05, 0) is 29.8 Å². The van der Waals surface area contributed by atoms with Gasteiger partial charge in [0.25, 0.3) is 0 Å². The van der Waals surface area contributed by atoms with E-state index >= 15 is 0 Å². The number of nitrogens with zero attached hydrogens (tertiary/aromatic N) is 2. The Balaban J connectivity index is 2.55. The van der Waals surface area contributed by atoms with Crippen molar-refractivity contribution >= 4 is 11.3 Å². The summed E-state index contributed by atoms with van der Waals surface area (Å²) in [6, 6.07) is 6.49. The van der Waals surface area contributed by atoms with Crippen molar-refractivity contribution in [1.82, 2.24) is 4.57 Å². The van der Waals surface area contributed by atoms with Crippen LogP contribution < -0.4 is 4.80 Å². The summed E-state index contributed by atoms with van der Waals surface area (Å²) < 4.78 is 14.7. The summed E-state index contributed by atoms with van der Waals surface area (Å²) >= 11 is 1.58. The largest absolute Gasteiger partial charge is 0.320 e. The van der Waals surface area contributed by atoms with Crippen LogP contribution in [-0.4, -0.2) is 11.6 Å². The molecule has 0 amide bonds. The van der Waals surface area contributed by atoms with E-state index in [1.807, 2.05) is 17.0 Å². The Morgan fingerprint density at radius 2 is 1.93 bits per heavy atom. The number of thiazole rings is 1. The topological polar surface area (TPSA) is 17.3 Å². The predicted octanol–water partition coefficient (Wildman–Crippen LogP) is 2.42. The zero-order chi connectivity index (χ0) is 10.8. The molecule has 2 rings (SSSR count). The second-order valence-corrected chi connectivity index (χ2v) is 4.03. The monoisotopic (exact) mass is 222 g/mol. The molecule has 0 saturated carbocycles. The number of benzene rings is 1. The third-order valence-corrected chi connectivity index (χ3v) is 3.26.